The summed E-state index contributed by atoms with van der Waals surface area (Å²) in [6, 6.07) is 4.73. The minimum atomic E-state index is -3.49. The van der Waals surface area contributed by atoms with Crippen molar-refractivity contribution in [3.63, 3.8) is 0 Å². The van der Waals surface area contributed by atoms with Crippen molar-refractivity contribution < 1.29 is 13.5 Å². The van der Waals surface area contributed by atoms with Crippen LogP contribution in [-0.2, 0) is 16.9 Å². The summed E-state index contributed by atoms with van der Waals surface area (Å²) in [6.45, 7) is 1.67. The summed E-state index contributed by atoms with van der Waals surface area (Å²) in [4.78, 5) is -0.00664. The molecule has 0 aliphatic carbocycles. The smallest absolute Gasteiger partial charge is 0.209 e. The highest BCUT2D eigenvalue weighted by molar-refractivity contribution is 7.99. The quantitative estimate of drug-likeness (QED) is 0.628. The van der Waals surface area contributed by atoms with E-state index >= 15 is 0 Å². The van der Waals surface area contributed by atoms with E-state index in [0.717, 1.165) is 0 Å². The second-order valence-corrected chi connectivity index (χ2v) is 7.67. The molecule has 9 heteroatoms. The van der Waals surface area contributed by atoms with Crippen LogP contribution in [-0.4, -0.2) is 45.2 Å². The van der Waals surface area contributed by atoms with Crippen LogP contribution in [0.5, 0.6) is 5.75 Å². The molecule has 0 unspecified atom stereocenters. The molecule has 1 aromatic heterocycles. The Balaban J connectivity index is 1.96. The average Bonchev–Trinajstić information content (AvgIpc) is 2.83. The van der Waals surface area contributed by atoms with Gasteiger partial charge in [0.15, 0.2) is 9.84 Å². The first-order valence-corrected chi connectivity index (χ1v) is 8.92. The van der Waals surface area contributed by atoms with Crippen LogP contribution in [0.1, 0.15) is 12.0 Å². The van der Waals surface area contributed by atoms with Gasteiger partial charge in [-0.25, -0.2) is 13.1 Å². The van der Waals surface area contributed by atoms with Crippen molar-refractivity contribution in [2.45, 2.75) is 23.4 Å². The van der Waals surface area contributed by atoms with Crippen LogP contribution in [0.2, 0.25) is 0 Å². The van der Waals surface area contributed by atoms with E-state index in [1.165, 1.54) is 22.5 Å². The van der Waals surface area contributed by atoms with E-state index in [1.807, 2.05) is 0 Å². The zero-order valence-corrected chi connectivity index (χ0v) is 13.4. The summed E-state index contributed by atoms with van der Waals surface area (Å²) in [5, 5.41) is 21.5. The lowest BCUT2D eigenvalue weighted by molar-refractivity contribution is 0.454. The van der Waals surface area contributed by atoms with Gasteiger partial charge in [-0.3, -0.25) is 0 Å². The summed E-state index contributed by atoms with van der Waals surface area (Å²) in [5.74, 6) is 0.394. The number of para-hydroxylation sites is 1. The Bertz CT molecular complexity index is 728. The number of hydrogen-bond acceptors (Lipinski definition) is 7. The lowest BCUT2D eigenvalue weighted by atomic mass is 10.2. The number of rotatable bonds is 6. The van der Waals surface area contributed by atoms with Gasteiger partial charge in [0, 0.05) is 12.8 Å². The number of thioether (sulfide) groups is 1. The molecule has 0 radical (unpaired) electrons. The first-order valence-electron chi connectivity index (χ1n) is 6.28. The number of nitrogens with zero attached hydrogens (tertiary/aromatic N) is 4. The van der Waals surface area contributed by atoms with Gasteiger partial charge in [-0.2, -0.15) is 0 Å². The second-order valence-electron chi connectivity index (χ2n) is 4.53. The van der Waals surface area contributed by atoms with E-state index < -0.39 is 9.84 Å². The van der Waals surface area contributed by atoms with Crippen LogP contribution >= 0.6 is 11.8 Å². The van der Waals surface area contributed by atoms with Crippen molar-refractivity contribution in [2.75, 3.05) is 11.5 Å². The van der Waals surface area contributed by atoms with Crippen LogP contribution in [0.15, 0.2) is 28.3 Å². The summed E-state index contributed by atoms with van der Waals surface area (Å²) >= 11 is 1.40. The van der Waals surface area contributed by atoms with Gasteiger partial charge in [0.2, 0.25) is 5.16 Å². The SMILES string of the molecule is Cc1cccc(S(=O)(=O)CCCSc2nnnn2C)c1O. The second kappa shape index (κ2) is 6.44. The molecule has 1 N–H and O–H groups in total. The zero-order chi connectivity index (χ0) is 15.5. The van der Waals surface area contributed by atoms with Crippen molar-refractivity contribution in [1.29, 1.82) is 0 Å². The molecule has 114 valence electrons. The number of phenols is 1. The number of tetrazole rings is 1. The fourth-order valence-corrected chi connectivity index (χ4v) is 4.21. The van der Waals surface area contributed by atoms with Gasteiger partial charge in [0.25, 0.3) is 0 Å². The van der Waals surface area contributed by atoms with E-state index in [4.69, 9.17) is 0 Å². The Morgan fingerprint density at radius 1 is 1.38 bits per heavy atom. The number of sulfone groups is 1. The van der Waals surface area contributed by atoms with Crippen LogP contribution in [0, 0.1) is 6.92 Å². The molecule has 0 aliphatic rings. The molecule has 21 heavy (non-hydrogen) atoms. The number of phenolic OH excluding ortho intramolecular Hbond substituents is 1. The van der Waals surface area contributed by atoms with Gasteiger partial charge < -0.3 is 5.11 Å². The molecular weight excluding hydrogens is 312 g/mol. The first kappa shape index (κ1) is 15.8. The molecule has 1 aromatic carbocycles. The fraction of sp³-hybridized carbons (Fsp3) is 0.417. The molecule has 0 saturated heterocycles. The third-order valence-electron chi connectivity index (χ3n) is 2.91. The van der Waals surface area contributed by atoms with Crippen molar-refractivity contribution in [2.24, 2.45) is 7.05 Å². The maximum absolute atomic E-state index is 12.2. The molecule has 1 heterocycles. The highest BCUT2D eigenvalue weighted by atomic mass is 32.2. The Morgan fingerprint density at radius 2 is 2.14 bits per heavy atom. The van der Waals surface area contributed by atoms with Crippen LogP contribution in [0.4, 0.5) is 0 Å². The summed E-state index contributed by atoms with van der Waals surface area (Å²) < 4.78 is 26.0. The van der Waals surface area contributed by atoms with E-state index in [-0.39, 0.29) is 16.4 Å². The summed E-state index contributed by atoms with van der Waals surface area (Å²) in [5.41, 5.74) is 0.551. The standard InChI is InChI=1S/C12H16N4O3S2/c1-9-5-3-6-10(11(9)17)21(18,19)8-4-7-20-12-13-14-15-16(12)2/h3,5-6,17H,4,7-8H2,1-2H3. The Labute approximate surface area is 127 Å². The van der Waals surface area contributed by atoms with Gasteiger partial charge in [-0.1, -0.05) is 23.9 Å². The van der Waals surface area contributed by atoms with Gasteiger partial charge in [-0.05, 0) is 35.4 Å². The molecule has 0 spiro atoms. The molecule has 0 aliphatic heterocycles. The minimum absolute atomic E-state index is 0.00664. The maximum atomic E-state index is 12.2. The van der Waals surface area contributed by atoms with Crippen LogP contribution < -0.4 is 0 Å². The van der Waals surface area contributed by atoms with Crippen LogP contribution in [0.3, 0.4) is 0 Å². The number of benzene rings is 1. The van der Waals surface area contributed by atoms with E-state index in [1.54, 1.807) is 26.1 Å². The van der Waals surface area contributed by atoms with E-state index in [2.05, 4.69) is 15.5 Å². The molecule has 2 rings (SSSR count). The predicted octanol–water partition coefficient (Wildman–Crippen LogP) is 1.18. The fourth-order valence-electron chi connectivity index (χ4n) is 1.75. The molecule has 0 amide bonds. The maximum Gasteiger partial charge on any atom is 0.209 e. The van der Waals surface area contributed by atoms with E-state index in [0.29, 0.717) is 22.9 Å². The molecule has 0 bridgehead atoms. The summed E-state index contributed by atoms with van der Waals surface area (Å²) in [7, 11) is -1.76. The summed E-state index contributed by atoms with van der Waals surface area (Å²) in [6.07, 6.45) is 0.452. The highest BCUT2D eigenvalue weighted by Gasteiger charge is 2.19. The number of aryl methyl sites for hydroxylation is 2. The number of aromatic hydroxyl groups is 1. The van der Waals surface area contributed by atoms with Gasteiger partial charge in [-0.15, -0.1) is 5.10 Å². The van der Waals surface area contributed by atoms with Gasteiger partial charge >= 0.3 is 0 Å². The normalized spacial score (nSPS) is 11.7. The molecule has 0 atom stereocenters. The molecule has 0 fully saturated rings. The van der Waals surface area contributed by atoms with Gasteiger partial charge in [0.1, 0.15) is 10.6 Å². The largest absolute Gasteiger partial charge is 0.506 e. The molecule has 0 saturated carbocycles. The zero-order valence-electron chi connectivity index (χ0n) is 11.7. The third kappa shape index (κ3) is 3.73. The van der Waals surface area contributed by atoms with Crippen molar-refractivity contribution in [3.05, 3.63) is 23.8 Å². The molecule has 2 aromatic rings. The Kier molecular flexibility index (Phi) is 4.84. The van der Waals surface area contributed by atoms with Crippen molar-refractivity contribution >= 4 is 21.6 Å². The number of aromatic nitrogens is 4. The van der Waals surface area contributed by atoms with Crippen LogP contribution in [0.25, 0.3) is 0 Å². The molecular formula is C12H16N4O3S2. The minimum Gasteiger partial charge on any atom is -0.506 e. The Morgan fingerprint density at radius 3 is 2.81 bits per heavy atom. The van der Waals surface area contributed by atoms with Gasteiger partial charge in [0.05, 0.1) is 5.75 Å². The lowest BCUT2D eigenvalue weighted by Crippen LogP contribution is -2.08. The lowest BCUT2D eigenvalue weighted by Gasteiger charge is -2.08. The topological polar surface area (TPSA) is 98.0 Å². The van der Waals surface area contributed by atoms with Crippen molar-refractivity contribution in [3.8, 4) is 5.75 Å². The first-order chi connectivity index (χ1) is 9.92. The van der Waals surface area contributed by atoms with Crippen molar-refractivity contribution in [1.82, 2.24) is 20.2 Å². The number of hydrogen-bond donors (Lipinski definition) is 1. The van der Waals surface area contributed by atoms with E-state index in [9.17, 15) is 13.5 Å². The highest BCUT2D eigenvalue weighted by Crippen LogP contribution is 2.27. The third-order valence-corrected chi connectivity index (χ3v) is 5.83. The predicted molar refractivity (Wildman–Crippen MR) is 79.0 cm³/mol. The monoisotopic (exact) mass is 328 g/mol. The molecule has 7 nitrogen and oxygen atoms in total. The Hall–Kier alpha value is -1.61. The average molecular weight is 328 g/mol.